The fourth-order valence-corrected chi connectivity index (χ4v) is 5.10. The van der Waals surface area contributed by atoms with E-state index in [9.17, 15) is 0 Å². The van der Waals surface area contributed by atoms with E-state index in [1.165, 1.54) is 5.39 Å². The van der Waals surface area contributed by atoms with Crippen molar-refractivity contribution in [3.8, 4) is 22.5 Å². The predicted molar refractivity (Wildman–Crippen MR) is 152 cm³/mol. The summed E-state index contributed by atoms with van der Waals surface area (Å²) in [7, 11) is 0. The van der Waals surface area contributed by atoms with E-state index >= 15 is 0 Å². The molecule has 38 heavy (non-hydrogen) atoms. The zero-order valence-electron chi connectivity index (χ0n) is 20.2. The van der Waals surface area contributed by atoms with Crippen molar-refractivity contribution in [3.05, 3.63) is 121 Å². The molecule has 0 radical (unpaired) electrons. The summed E-state index contributed by atoms with van der Waals surface area (Å²) in [5.74, 6) is 0. The van der Waals surface area contributed by atoms with Gasteiger partial charge in [0.2, 0.25) is 0 Å². The Morgan fingerprint density at radius 3 is 1.92 bits per heavy atom. The van der Waals surface area contributed by atoms with E-state index in [4.69, 9.17) is 10.2 Å². The molecule has 0 amide bonds. The summed E-state index contributed by atoms with van der Waals surface area (Å²) < 4.78 is 0. The number of hydrogen-bond acceptors (Lipinski definition) is 4. The second-order valence-corrected chi connectivity index (χ2v) is 9.42. The molecule has 6 nitrogen and oxygen atoms in total. The van der Waals surface area contributed by atoms with E-state index in [1.807, 2.05) is 48.5 Å². The minimum absolute atomic E-state index is 0.864. The molecular weight excluding hydrogens is 468 g/mol. The van der Waals surface area contributed by atoms with Gasteiger partial charge >= 0.3 is 0 Å². The molecule has 0 atom stereocenters. The zero-order valence-corrected chi connectivity index (χ0v) is 20.2. The third-order valence-corrected chi connectivity index (χ3v) is 7.04. The Kier molecular flexibility index (Phi) is 4.42. The first-order chi connectivity index (χ1) is 18.8. The summed E-state index contributed by atoms with van der Waals surface area (Å²) in [5, 5.41) is 23.4. The Bertz CT molecular complexity index is 2120. The predicted octanol–water partition coefficient (Wildman–Crippen LogP) is 7.13. The van der Waals surface area contributed by atoms with Gasteiger partial charge in [-0.1, -0.05) is 72.8 Å². The summed E-state index contributed by atoms with van der Waals surface area (Å²) in [6.07, 6.45) is 0. The van der Waals surface area contributed by atoms with Gasteiger partial charge in [0, 0.05) is 5.39 Å². The highest BCUT2D eigenvalue weighted by molar-refractivity contribution is 5.92. The van der Waals surface area contributed by atoms with E-state index in [-0.39, 0.29) is 0 Å². The maximum Gasteiger partial charge on any atom is 0.114 e. The van der Waals surface area contributed by atoms with E-state index < -0.39 is 0 Å². The van der Waals surface area contributed by atoms with Crippen LogP contribution < -0.4 is 0 Å². The average molecular weight is 489 g/mol. The zero-order chi connectivity index (χ0) is 25.1. The molecule has 8 aromatic rings. The van der Waals surface area contributed by atoms with Crippen LogP contribution in [0.1, 0.15) is 0 Å². The van der Waals surface area contributed by atoms with Crippen LogP contribution in [-0.2, 0) is 0 Å². The molecule has 0 saturated heterocycles. The van der Waals surface area contributed by atoms with Crippen LogP contribution in [0.25, 0.3) is 66.1 Å². The van der Waals surface area contributed by atoms with Gasteiger partial charge in [-0.25, -0.2) is 0 Å². The molecule has 178 valence electrons. The second-order valence-electron chi connectivity index (χ2n) is 9.42. The van der Waals surface area contributed by atoms with Crippen molar-refractivity contribution < 1.29 is 0 Å². The van der Waals surface area contributed by atoms with Crippen molar-refractivity contribution in [2.24, 2.45) is 0 Å². The lowest BCUT2D eigenvalue weighted by molar-refractivity contribution is 0.767. The molecule has 6 heteroatoms. The molecule has 0 unspecified atom stereocenters. The molecule has 0 spiro atoms. The Morgan fingerprint density at radius 1 is 0.395 bits per heavy atom. The molecule has 0 aliphatic heterocycles. The van der Waals surface area contributed by atoms with Crippen LogP contribution in [0.15, 0.2) is 121 Å². The van der Waals surface area contributed by atoms with E-state index in [2.05, 4.69) is 83.0 Å². The summed E-state index contributed by atoms with van der Waals surface area (Å²) in [6.45, 7) is 0. The van der Waals surface area contributed by atoms with Crippen LogP contribution in [0.5, 0.6) is 0 Å². The Labute approximate surface area is 217 Å². The van der Waals surface area contributed by atoms with Crippen molar-refractivity contribution in [2.45, 2.75) is 0 Å². The summed E-state index contributed by atoms with van der Waals surface area (Å²) in [6, 6.07) is 41.5. The van der Waals surface area contributed by atoms with Gasteiger partial charge in [-0.15, -0.1) is 25.2 Å². The van der Waals surface area contributed by atoms with Crippen molar-refractivity contribution in [1.29, 1.82) is 0 Å². The lowest BCUT2D eigenvalue weighted by atomic mass is 10.0. The third-order valence-electron chi connectivity index (χ3n) is 7.04. The minimum atomic E-state index is 0.864. The quantitative estimate of drug-likeness (QED) is 0.265. The molecule has 0 bridgehead atoms. The highest BCUT2D eigenvalue weighted by Gasteiger charge is 2.10. The van der Waals surface area contributed by atoms with Gasteiger partial charge in [0.05, 0.1) is 11.4 Å². The van der Waals surface area contributed by atoms with Gasteiger partial charge in [0.15, 0.2) is 0 Å². The highest BCUT2D eigenvalue weighted by Crippen LogP contribution is 2.29. The Balaban J connectivity index is 1.16. The van der Waals surface area contributed by atoms with Crippen LogP contribution in [0, 0.1) is 0 Å². The van der Waals surface area contributed by atoms with Gasteiger partial charge in [-0.2, -0.15) is 4.80 Å². The van der Waals surface area contributed by atoms with Crippen molar-refractivity contribution >= 4 is 43.6 Å². The van der Waals surface area contributed by atoms with Gasteiger partial charge < -0.3 is 0 Å². The highest BCUT2D eigenvalue weighted by atomic mass is 15.5. The summed E-state index contributed by atoms with van der Waals surface area (Å²) in [4.78, 5) is 3.44. The Hall–Kier alpha value is -5.36. The maximum absolute atomic E-state index is 4.83. The molecular formula is C32H20N6. The fraction of sp³-hybridized carbons (Fsp3) is 0. The summed E-state index contributed by atoms with van der Waals surface area (Å²) >= 11 is 0. The molecule has 0 aliphatic rings. The van der Waals surface area contributed by atoms with E-state index in [1.54, 1.807) is 9.59 Å². The second kappa shape index (κ2) is 8.08. The van der Waals surface area contributed by atoms with Crippen LogP contribution >= 0.6 is 0 Å². The number of benzene rings is 6. The molecule has 8 rings (SSSR count). The average Bonchev–Trinajstić information content (AvgIpc) is 3.60. The SMILES string of the molecule is c1ccc2c(-n3nc4ccc(-c5ccc6cc(-n7nc8ccccc8n7)ccc6c5)cc4n3)cccc2c1. The van der Waals surface area contributed by atoms with Crippen molar-refractivity contribution in [3.63, 3.8) is 0 Å². The molecule has 2 aromatic heterocycles. The largest absolute Gasteiger partial charge is 0.150 e. The van der Waals surface area contributed by atoms with Crippen LogP contribution in [0.3, 0.4) is 0 Å². The molecule has 0 saturated carbocycles. The molecule has 0 aliphatic carbocycles. The van der Waals surface area contributed by atoms with Crippen LogP contribution in [0.4, 0.5) is 0 Å². The van der Waals surface area contributed by atoms with Crippen LogP contribution in [0.2, 0.25) is 0 Å². The topological polar surface area (TPSA) is 61.4 Å². The monoisotopic (exact) mass is 488 g/mol. The first-order valence-corrected chi connectivity index (χ1v) is 12.5. The van der Waals surface area contributed by atoms with E-state index in [0.29, 0.717) is 0 Å². The lowest BCUT2D eigenvalue weighted by Crippen LogP contribution is -1.99. The number of aromatic nitrogens is 6. The van der Waals surface area contributed by atoms with E-state index in [0.717, 1.165) is 60.7 Å². The van der Waals surface area contributed by atoms with Crippen molar-refractivity contribution in [2.75, 3.05) is 0 Å². The normalized spacial score (nSPS) is 11.7. The molecule has 0 fully saturated rings. The fourth-order valence-electron chi connectivity index (χ4n) is 5.10. The first kappa shape index (κ1) is 20.8. The maximum atomic E-state index is 4.83. The van der Waals surface area contributed by atoms with Crippen molar-refractivity contribution in [1.82, 2.24) is 30.0 Å². The van der Waals surface area contributed by atoms with Gasteiger partial charge in [-0.05, 0) is 75.8 Å². The Morgan fingerprint density at radius 2 is 1.03 bits per heavy atom. The van der Waals surface area contributed by atoms with Crippen LogP contribution in [-0.4, -0.2) is 30.0 Å². The third kappa shape index (κ3) is 3.35. The summed E-state index contributed by atoms with van der Waals surface area (Å²) in [5.41, 5.74) is 7.65. The molecule has 2 heterocycles. The number of hydrogen-bond donors (Lipinski definition) is 0. The molecule has 6 aromatic carbocycles. The number of nitrogens with zero attached hydrogens (tertiary/aromatic N) is 6. The number of fused-ring (bicyclic) bond motifs is 4. The smallest absolute Gasteiger partial charge is 0.114 e. The first-order valence-electron chi connectivity index (χ1n) is 12.5. The standard InChI is InChI=1S/C32H20N6/c1-2-8-27-21(6-1)7-5-11-32(27)38-35-30-17-15-25(20-31(30)36-38)22-12-13-24-19-26(16-14-23(24)18-22)37-33-28-9-3-4-10-29(28)34-37/h1-20H. The number of rotatable bonds is 3. The minimum Gasteiger partial charge on any atom is -0.150 e. The molecule has 0 N–H and O–H groups in total. The van der Waals surface area contributed by atoms with Gasteiger partial charge in [0.1, 0.15) is 22.1 Å². The van der Waals surface area contributed by atoms with Gasteiger partial charge in [-0.3, -0.25) is 0 Å². The van der Waals surface area contributed by atoms with Gasteiger partial charge in [0.25, 0.3) is 0 Å². The lowest BCUT2D eigenvalue weighted by Gasteiger charge is -2.06.